The zero-order valence-corrected chi connectivity index (χ0v) is 15.4. The molecular formula is C20H30O. The minimum atomic E-state index is -0.295. The number of allylic oxidation sites excluding steroid dienone is 4. The van der Waals surface area contributed by atoms with E-state index in [0.29, 0.717) is 0 Å². The largest absolute Gasteiger partial charge is 0.352 e. The first-order valence-electron chi connectivity index (χ1n) is 7.91. The minimum Gasteiger partial charge on any atom is -0.352 e. The molecule has 1 nitrogen and oxygen atoms in total. The van der Waals surface area contributed by atoms with Crippen molar-refractivity contribution < 1.29 is 4.74 Å². The van der Waals surface area contributed by atoms with Crippen molar-refractivity contribution in [3.63, 3.8) is 0 Å². The first-order chi connectivity index (χ1) is 9.48. The highest BCUT2D eigenvalue weighted by Gasteiger charge is 2.46. The Morgan fingerprint density at radius 3 is 0.857 bits per heavy atom. The second kappa shape index (κ2) is 4.71. The van der Waals surface area contributed by atoms with Gasteiger partial charge in [0.05, 0.1) is 0 Å². The summed E-state index contributed by atoms with van der Waals surface area (Å²) in [7, 11) is 0. The summed E-state index contributed by atoms with van der Waals surface area (Å²) in [6, 6.07) is 0. The maximum atomic E-state index is 6.85. The van der Waals surface area contributed by atoms with Gasteiger partial charge < -0.3 is 4.74 Å². The normalized spacial score (nSPS) is 24.9. The molecule has 0 atom stereocenters. The standard InChI is InChI=1S/C20H30O/c1-11-12(2)16(6)19(9,15(11)5)21-20(10)17(7)13(3)14(4)18(20)8/h1-10H3. The summed E-state index contributed by atoms with van der Waals surface area (Å²) in [5, 5.41) is 0. The van der Waals surface area contributed by atoms with Gasteiger partial charge in [0.25, 0.3) is 0 Å². The van der Waals surface area contributed by atoms with E-state index in [4.69, 9.17) is 4.74 Å². The Labute approximate surface area is 130 Å². The van der Waals surface area contributed by atoms with E-state index in [1.807, 2.05) is 0 Å². The van der Waals surface area contributed by atoms with Crippen molar-refractivity contribution in [1.29, 1.82) is 0 Å². The van der Waals surface area contributed by atoms with E-state index in [0.717, 1.165) is 0 Å². The molecule has 0 fully saturated rings. The van der Waals surface area contributed by atoms with Crippen LogP contribution < -0.4 is 0 Å². The average molecular weight is 286 g/mol. The second-order valence-corrected chi connectivity index (χ2v) is 7.17. The number of hydrogen-bond donors (Lipinski definition) is 0. The van der Waals surface area contributed by atoms with Crippen LogP contribution in [0.4, 0.5) is 0 Å². The minimum absolute atomic E-state index is 0.295. The third-order valence-corrected chi connectivity index (χ3v) is 6.65. The molecule has 21 heavy (non-hydrogen) atoms. The molecule has 0 bridgehead atoms. The van der Waals surface area contributed by atoms with Gasteiger partial charge in [-0.15, -0.1) is 0 Å². The van der Waals surface area contributed by atoms with Crippen LogP contribution in [0.1, 0.15) is 69.2 Å². The van der Waals surface area contributed by atoms with Crippen molar-refractivity contribution >= 4 is 0 Å². The smallest absolute Gasteiger partial charge is 0.110 e. The van der Waals surface area contributed by atoms with Gasteiger partial charge in [0.15, 0.2) is 0 Å². The van der Waals surface area contributed by atoms with Gasteiger partial charge in [-0.25, -0.2) is 0 Å². The molecule has 0 heterocycles. The lowest BCUT2D eigenvalue weighted by molar-refractivity contribution is -0.0584. The predicted octanol–water partition coefficient (Wildman–Crippen LogP) is 5.89. The van der Waals surface area contributed by atoms with Crippen molar-refractivity contribution in [2.45, 2.75) is 80.4 Å². The number of hydrogen-bond acceptors (Lipinski definition) is 1. The summed E-state index contributed by atoms with van der Waals surface area (Å²) in [5.74, 6) is 0. The van der Waals surface area contributed by atoms with Crippen molar-refractivity contribution in [2.24, 2.45) is 0 Å². The molecule has 0 N–H and O–H groups in total. The zero-order valence-electron chi connectivity index (χ0n) is 15.4. The quantitative estimate of drug-likeness (QED) is 0.614. The van der Waals surface area contributed by atoms with Gasteiger partial charge >= 0.3 is 0 Å². The van der Waals surface area contributed by atoms with E-state index in [1.165, 1.54) is 44.6 Å². The molecule has 0 aromatic carbocycles. The van der Waals surface area contributed by atoms with Crippen LogP contribution in [-0.4, -0.2) is 11.2 Å². The summed E-state index contributed by atoms with van der Waals surface area (Å²) >= 11 is 0. The van der Waals surface area contributed by atoms with Gasteiger partial charge in [0.1, 0.15) is 11.2 Å². The van der Waals surface area contributed by atoms with Gasteiger partial charge in [-0.05, 0) is 114 Å². The number of rotatable bonds is 2. The molecule has 1 heteroatoms. The van der Waals surface area contributed by atoms with Crippen LogP contribution in [-0.2, 0) is 4.74 Å². The molecule has 2 aliphatic carbocycles. The van der Waals surface area contributed by atoms with Crippen LogP contribution in [0.5, 0.6) is 0 Å². The van der Waals surface area contributed by atoms with E-state index < -0.39 is 0 Å². The Balaban J connectivity index is 2.54. The topological polar surface area (TPSA) is 9.23 Å². The fourth-order valence-electron chi connectivity index (χ4n) is 3.83. The molecule has 0 radical (unpaired) electrons. The van der Waals surface area contributed by atoms with E-state index >= 15 is 0 Å². The molecular weight excluding hydrogens is 256 g/mol. The Bertz CT molecular complexity index is 531. The molecule has 116 valence electrons. The molecule has 0 saturated carbocycles. The summed E-state index contributed by atoms with van der Waals surface area (Å²) in [6.45, 7) is 22.2. The number of ether oxygens (including phenoxy) is 1. The fourth-order valence-corrected chi connectivity index (χ4v) is 3.83. The maximum absolute atomic E-state index is 6.85. The van der Waals surface area contributed by atoms with Crippen LogP contribution in [0.2, 0.25) is 0 Å². The van der Waals surface area contributed by atoms with Crippen molar-refractivity contribution in [2.75, 3.05) is 0 Å². The highest BCUT2D eigenvalue weighted by Crippen LogP contribution is 2.50. The van der Waals surface area contributed by atoms with Crippen molar-refractivity contribution in [1.82, 2.24) is 0 Å². The van der Waals surface area contributed by atoms with Crippen LogP contribution in [0, 0.1) is 0 Å². The molecule has 0 unspecified atom stereocenters. The van der Waals surface area contributed by atoms with Crippen molar-refractivity contribution in [3.8, 4) is 0 Å². The lowest BCUT2D eigenvalue weighted by atomic mass is 9.87. The van der Waals surface area contributed by atoms with E-state index in [1.54, 1.807) is 0 Å². The molecule has 0 saturated heterocycles. The molecule has 0 aromatic rings. The molecule has 2 rings (SSSR count). The molecule has 0 aliphatic heterocycles. The van der Waals surface area contributed by atoms with Crippen LogP contribution in [0.3, 0.4) is 0 Å². The highest BCUT2D eigenvalue weighted by atomic mass is 16.5. The maximum Gasteiger partial charge on any atom is 0.110 e. The summed E-state index contributed by atoms with van der Waals surface area (Å²) in [6.07, 6.45) is 0. The first-order valence-corrected chi connectivity index (χ1v) is 7.91. The second-order valence-electron chi connectivity index (χ2n) is 7.17. The summed E-state index contributed by atoms with van der Waals surface area (Å²) < 4.78 is 6.85. The van der Waals surface area contributed by atoms with Crippen molar-refractivity contribution in [3.05, 3.63) is 44.6 Å². The molecule has 0 aromatic heterocycles. The average Bonchev–Trinajstić information content (AvgIpc) is 2.67. The van der Waals surface area contributed by atoms with Gasteiger partial charge in [0, 0.05) is 0 Å². The van der Waals surface area contributed by atoms with Gasteiger partial charge in [0.2, 0.25) is 0 Å². The first kappa shape index (κ1) is 16.3. The summed E-state index contributed by atoms with van der Waals surface area (Å²) in [4.78, 5) is 0. The van der Waals surface area contributed by atoms with Gasteiger partial charge in [-0.2, -0.15) is 0 Å². The lowest BCUT2D eigenvalue weighted by Crippen LogP contribution is -2.42. The lowest BCUT2D eigenvalue weighted by Gasteiger charge is -2.41. The van der Waals surface area contributed by atoms with E-state index in [2.05, 4.69) is 69.2 Å². The van der Waals surface area contributed by atoms with Gasteiger partial charge in [-0.1, -0.05) is 0 Å². The van der Waals surface area contributed by atoms with Gasteiger partial charge in [-0.3, -0.25) is 0 Å². The summed E-state index contributed by atoms with van der Waals surface area (Å²) in [5.41, 5.74) is 10.3. The van der Waals surface area contributed by atoms with Crippen LogP contribution in [0.25, 0.3) is 0 Å². The zero-order chi connectivity index (χ0) is 16.3. The Morgan fingerprint density at radius 2 is 0.667 bits per heavy atom. The Hall–Kier alpha value is -1.08. The molecule has 2 aliphatic rings. The monoisotopic (exact) mass is 286 g/mol. The van der Waals surface area contributed by atoms with E-state index in [9.17, 15) is 0 Å². The third-order valence-electron chi connectivity index (χ3n) is 6.65. The fraction of sp³-hybridized carbons (Fsp3) is 0.600. The Kier molecular flexibility index (Phi) is 3.65. The SMILES string of the molecule is CC1=C(C)C(C)(OC2(C)C(C)=C(C)C(C)=C2C)C(C)=C1C. The van der Waals surface area contributed by atoms with E-state index in [-0.39, 0.29) is 11.2 Å². The Morgan fingerprint density at radius 1 is 0.476 bits per heavy atom. The van der Waals surface area contributed by atoms with Crippen LogP contribution in [0.15, 0.2) is 44.6 Å². The molecule has 0 amide bonds. The van der Waals surface area contributed by atoms with Crippen LogP contribution >= 0.6 is 0 Å². The molecule has 0 spiro atoms. The third kappa shape index (κ3) is 1.93. The highest BCUT2D eigenvalue weighted by molar-refractivity contribution is 5.55. The predicted molar refractivity (Wildman–Crippen MR) is 91.4 cm³/mol.